The van der Waals surface area contributed by atoms with E-state index in [-0.39, 0.29) is 21.2 Å². The zero-order chi connectivity index (χ0) is 14.9. The Morgan fingerprint density at radius 1 is 0.900 bits per heavy atom. The van der Waals surface area contributed by atoms with E-state index in [0.29, 0.717) is 4.90 Å². The molecule has 0 amide bonds. The van der Waals surface area contributed by atoms with Crippen molar-refractivity contribution in [3.63, 3.8) is 0 Å². The maximum atomic E-state index is 11.5. The fourth-order valence-corrected chi connectivity index (χ4v) is 5.30. The highest BCUT2D eigenvalue weighted by Gasteiger charge is 2.21. The van der Waals surface area contributed by atoms with Gasteiger partial charge in [-0.1, -0.05) is 17.7 Å². The third-order valence-electron chi connectivity index (χ3n) is 3.03. The zero-order valence-electron chi connectivity index (χ0n) is 12.1. The molecular weight excluding hydrogens is 383 g/mol. The maximum absolute atomic E-state index is 11.5. The van der Waals surface area contributed by atoms with E-state index >= 15 is 0 Å². The minimum absolute atomic E-state index is 0.272. The molecular formula is C16H18IO2S+. The summed E-state index contributed by atoms with van der Waals surface area (Å²) in [6, 6.07) is 11.7. The topological polar surface area (TPSA) is 34.1 Å². The van der Waals surface area contributed by atoms with Crippen molar-refractivity contribution < 1.29 is 29.6 Å². The van der Waals surface area contributed by atoms with Crippen LogP contribution in [0.3, 0.4) is 0 Å². The van der Waals surface area contributed by atoms with Gasteiger partial charge in [0.2, 0.25) is 0 Å². The molecule has 0 fully saturated rings. The fourth-order valence-electron chi connectivity index (χ4n) is 2.17. The molecule has 0 aliphatic heterocycles. The molecule has 0 saturated heterocycles. The predicted molar refractivity (Wildman–Crippen MR) is 77.6 cm³/mol. The highest BCUT2D eigenvalue weighted by Crippen LogP contribution is 2.08. The van der Waals surface area contributed by atoms with Crippen LogP contribution in [0.5, 0.6) is 0 Å². The average Bonchev–Trinajstić information content (AvgIpc) is 2.33. The van der Waals surface area contributed by atoms with Crippen molar-refractivity contribution in [2.45, 2.75) is 25.7 Å². The average molecular weight is 401 g/mol. The molecule has 2 aromatic carbocycles. The van der Waals surface area contributed by atoms with Crippen LogP contribution in [-0.2, 0) is 9.84 Å². The fraction of sp³-hybridized carbons (Fsp3) is 0.250. The first-order chi connectivity index (χ1) is 9.27. The molecule has 0 heterocycles. The highest BCUT2D eigenvalue weighted by atomic mass is 127. The standard InChI is InChI=1S/C16H18IO2S/c1-11-9-12(2)16(13(3)10-11)17-14-5-7-15(8-6-14)20(4,18)19/h5-10H,1-4H3/q+1. The molecule has 2 rings (SSSR count). The molecule has 106 valence electrons. The van der Waals surface area contributed by atoms with Crippen LogP contribution in [-0.4, -0.2) is 14.7 Å². The molecule has 0 unspecified atom stereocenters. The minimum Gasteiger partial charge on any atom is -0.224 e. The Balaban J connectivity index is 2.32. The summed E-state index contributed by atoms with van der Waals surface area (Å²) >= 11 is -0.272. The predicted octanol–water partition coefficient (Wildman–Crippen LogP) is 0.144. The Morgan fingerprint density at radius 3 is 1.85 bits per heavy atom. The van der Waals surface area contributed by atoms with Crippen molar-refractivity contribution in [3.05, 3.63) is 60.2 Å². The van der Waals surface area contributed by atoms with Crippen molar-refractivity contribution >= 4 is 9.84 Å². The van der Waals surface area contributed by atoms with Crippen LogP contribution in [0.25, 0.3) is 0 Å². The van der Waals surface area contributed by atoms with Gasteiger partial charge in [-0.05, 0) is 45.0 Å². The Hall–Kier alpha value is -0.880. The van der Waals surface area contributed by atoms with Crippen molar-refractivity contribution in [1.29, 1.82) is 0 Å². The van der Waals surface area contributed by atoms with Gasteiger partial charge < -0.3 is 0 Å². The summed E-state index contributed by atoms with van der Waals surface area (Å²) < 4.78 is 25.6. The highest BCUT2D eigenvalue weighted by molar-refractivity contribution is 7.90. The monoisotopic (exact) mass is 401 g/mol. The minimum atomic E-state index is -3.10. The van der Waals surface area contributed by atoms with Crippen LogP contribution in [0, 0.1) is 27.9 Å². The van der Waals surface area contributed by atoms with Crippen molar-refractivity contribution in [1.82, 2.24) is 0 Å². The van der Waals surface area contributed by atoms with Gasteiger partial charge in [-0.2, -0.15) is 0 Å². The van der Waals surface area contributed by atoms with Crippen LogP contribution in [0.15, 0.2) is 41.3 Å². The van der Waals surface area contributed by atoms with Gasteiger partial charge in [0.05, 0.1) is 4.90 Å². The van der Waals surface area contributed by atoms with Crippen LogP contribution >= 0.6 is 0 Å². The second-order valence-electron chi connectivity index (χ2n) is 5.03. The third-order valence-corrected chi connectivity index (χ3v) is 7.74. The second kappa shape index (κ2) is 5.85. The van der Waals surface area contributed by atoms with E-state index in [1.807, 2.05) is 12.1 Å². The summed E-state index contributed by atoms with van der Waals surface area (Å²) in [5.74, 6) is 0. The lowest BCUT2D eigenvalue weighted by Crippen LogP contribution is -3.62. The molecule has 0 N–H and O–H groups in total. The first kappa shape index (κ1) is 15.5. The van der Waals surface area contributed by atoms with Crippen molar-refractivity contribution in [2.75, 3.05) is 6.26 Å². The summed E-state index contributed by atoms with van der Waals surface area (Å²) in [6.07, 6.45) is 1.24. The van der Waals surface area contributed by atoms with E-state index in [1.54, 1.807) is 12.1 Å². The van der Waals surface area contributed by atoms with Gasteiger partial charge in [0, 0.05) is 17.4 Å². The molecule has 4 heteroatoms. The van der Waals surface area contributed by atoms with Gasteiger partial charge in [0.15, 0.2) is 17.0 Å². The summed E-state index contributed by atoms with van der Waals surface area (Å²) in [5.41, 5.74) is 3.96. The van der Waals surface area contributed by atoms with Crippen LogP contribution in [0.4, 0.5) is 0 Å². The SMILES string of the molecule is Cc1cc(C)c([I+]c2ccc(S(C)(=O)=O)cc2)c(C)c1. The normalized spacial score (nSPS) is 11.6. The Labute approximate surface area is 131 Å². The van der Waals surface area contributed by atoms with Crippen LogP contribution in [0.1, 0.15) is 16.7 Å². The maximum Gasteiger partial charge on any atom is 0.358 e. The summed E-state index contributed by atoms with van der Waals surface area (Å²) in [6.45, 7) is 6.42. The quantitative estimate of drug-likeness (QED) is 0.687. The van der Waals surface area contributed by atoms with E-state index in [4.69, 9.17) is 0 Å². The number of hydrogen-bond acceptors (Lipinski definition) is 2. The van der Waals surface area contributed by atoms with Crippen molar-refractivity contribution in [2.24, 2.45) is 0 Å². The second-order valence-corrected chi connectivity index (χ2v) is 9.91. The first-order valence-electron chi connectivity index (χ1n) is 6.30. The smallest absolute Gasteiger partial charge is 0.224 e. The van der Waals surface area contributed by atoms with Gasteiger partial charge in [-0.15, -0.1) is 0 Å². The largest absolute Gasteiger partial charge is 0.358 e. The van der Waals surface area contributed by atoms with Gasteiger partial charge in [-0.3, -0.25) is 0 Å². The lowest BCUT2D eigenvalue weighted by molar-refractivity contribution is -0.598. The molecule has 0 aromatic heterocycles. The van der Waals surface area contributed by atoms with E-state index in [9.17, 15) is 8.42 Å². The Kier molecular flexibility index (Phi) is 4.54. The number of rotatable bonds is 3. The zero-order valence-corrected chi connectivity index (χ0v) is 15.0. The summed E-state index contributed by atoms with van der Waals surface area (Å²) in [4.78, 5) is 0.391. The van der Waals surface area contributed by atoms with Gasteiger partial charge >= 0.3 is 21.2 Å². The lowest BCUT2D eigenvalue weighted by Gasteiger charge is -2.01. The Morgan fingerprint density at radius 2 is 1.40 bits per heavy atom. The number of sulfone groups is 1. The number of halogens is 1. The summed E-state index contributed by atoms with van der Waals surface area (Å²) in [7, 11) is -3.10. The molecule has 0 bridgehead atoms. The number of benzene rings is 2. The lowest BCUT2D eigenvalue weighted by atomic mass is 10.1. The molecule has 2 aromatic rings. The molecule has 0 saturated carbocycles. The number of aryl methyl sites for hydroxylation is 3. The van der Waals surface area contributed by atoms with E-state index in [0.717, 1.165) is 0 Å². The van der Waals surface area contributed by atoms with E-state index < -0.39 is 9.84 Å². The summed E-state index contributed by atoms with van der Waals surface area (Å²) in [5, 5.41) is 0. The molecule has 0 atom stereocenters. The molecule has 20 heavy (non-hydrogen) atoms. The van der Waals surface area contributed by atoms with Crippen molar-refractivity contribution in [3.8, 4) is 0 Å². The van der Waals surface area contributed by atoms with Gasteiger partial charge in [0.25, 0.3) is 0 Å². The molecule has 0 aliphatic rings. The van der Waals surface area contributed by atoms with E-state index in [2.05, 4.69) is 32.9 Å². The van der Waals surface area contributed by atoms with Gasteiger partial charge in [-0.25, -0.2) is 8.42 Å². The van der Waals surface area contributed by atoms with Gasteiger partial charge in [0.1, 0.15) is 0 Å². The van der Waals surface area contributed by atoms with Crippen LogP contribution in [0.2, 0.25) is 0 Å². The first-order valence-corrected chi connectivity index (χ1v) is 10.3. The third kappa shape index (κ3) is 3.61. The number of hydrogen-bond donors (Lipinski definition) is 0. The van der Waals surface area contributed by atoms with Crippen LogP contribution < -0.4 is 21.2 Å². The molecule has 0 radical (unpaired) electrons. The molecule has 0 spiro atoms. The van der Waals surface area contributed by atoms with E-state index in [1.165, 1.54) is 30.1 Å². The molecule has 0 aliphatic carbocycles. The molecule has 2 nitrogen and oxygen atoms in total. The Bertz CT molecular complexity index is 709.